The van der Waals surface area contributed by atoms with Crippen LogP contribution in [0.25, 0.3) is 0 Å². The molecule has 1 N–H and O–H groups in total. The molecule has 5 heteroatoms. The summed E-state index contributed by atoms with van der Waals surface area (Å²) in [7, 11) is 0. The first-order valence-corrected chi connectivity index (χ1v) is 8.81. The Morgan fingerprint density at radius 2 is 1.71 bits per heavy atom. The number of anilines is 1. The Bertz CT molecular complexity index is 765. The highest BCUT2D eigenvalue weighted by Crippen LogP contribution is 2.24. The molecule has 0 radical (unpaired) electrons. The van der Waals surface area contributed by atoms with Gasteiger partial charge in [-0.3, -0.25) is 9.59 Å². The topological polar surface area (TPSA) is 49.4 Å². The Morgan fingerprint density at radius 1 is 1.04 bits per heavy atom. The van der Waals surface area contributed by atoms with Crippen LogP contribution < -0.4 is 5.32 Å². The van der Waals surface area contributed by atoms with E-state index in [4.69, 9.17) is 0 Å². The number of likely N-dealkylation sites (tertiary alicyclic amines) is 1. The fraction of sp³-hybridized carbons (Fsp3) is 0.263. The van der Waals surface area contributed by atoms with Crippen LogP contribution in [0.3, 0.4) is 0 Å². The van der Waals surface area contributed by atoms with Gasteiger partial charge in [-0.25, -0.2) is 0 Å². The number of halogens is 1. The Balaban J connectivity index is 1.87. The molecule has 1 heterocycles. The molecule has 3 rings (SSSR count). The maximum atomic E-state index is 12.8. The fourth-order valence-electron chi connectivity index (χ4n) is 2.93. The molecule has 2 aromatic rings. The number of nitrogens with one attached hydrogen (secondary N) is 1. The largest absolute Gasteiger partial charge is 0.339 e. The molecule has 2 aromatic carbocycles. The minimum absolute atomic E-state index is 0.00305. The van der Waals surface area contributed by atoms with E-state index in [-0.39, 0.29) is 11.8 Å². The van der Waals surface area contributed by atoms with Crippen LogP contribution in [0.4, 0.5) is 5.69 Å². The number of nitrogens with zero attached hydrogens (tertiary/aromatic N) is 1. The zero-order valence-corrected chi connectivity index (χ0v) is 15.1. The van der Waals surface area contributed by atoms with Crippen molar-refractivity contribution in [3.05, 3.63) is 63.6 Å². The summed E-state index contributed by atoms with van der Waals surface area (Å²) < 4.78 is 0.916. The van der Waals surface area contributed by atoms with Gasteiger partial charge in [-0.2, -0.15) is 0 Å². The van der Waals surface area contributed by atoms with Gasteiger partial charge in [0.2, 0.25) is 0 Å². The molecule has 1 aliphatic heterocycles. The van der Waals surface area contributed by atoms with Gasteiger partial charge in [0.25, 0.3) is 11.8 Å². The molecule has 24 heavy (non-hydrogen) atoms. The van der Waals surface area contributed by atoms with E-state index in [1.807, 2.05) is 36.1 Å². The molecule has 0 aromatic heterocycles. The average molecular weight is 387 g/mol. The van der Waals surface area contributed by atoms with Gasteiger partial charge in [0.05, 0.1) is 11.3 Å². The van der Waals surface area contributed by atoms with Crippen LogP contribution in [0.5, 0.6) is 0 Å². The van der Waals surface area contributed by atoms with Crippen molar-refractivity contribution in [2.75, 3.05) is 18.4 Å². The van der Waals surface area contributed by atoms with Gasteiger partial charge in [0, 0.05) is 23.1 Å². The number of benzene rings is 2. The van der Waals surface area contributed by atoms with Crippen molar-refractivity contribution in [1.82, 2.24) is 4.90 Å². The second-order valence-corrected chi connectivity index (χ2v) is 6.87. The number of hydrogen-bond acceptors (Lipinski definition) is 2. The summed E-state index contributed by atoms with van der Waals surface area (Å²) in [6.07, 6.45) is 2.08. The minimum atomic E-state index is -0.219. The van der Waals surface area contributed by atoms with Crippen LogP contribution >= 0.6 is 15.9 Å². The van der Waals surface area contributed by atoms with Gasteiger partial charge < -0.3 is 10.2 Å². The molecule has 0 spiro atoms. The van der Waals surface area contributed by atoms with E-state index in [1.54, 1.807) is 18.2 Å². The van der Waals surface area contributed by atoms with E-state index in [2.05, 4.69) is 21.2 Å². The van der Waals surface area contributed by atoms with Crippen LogP contribution in [-0.2, 0) is 0 Å². The summed E-state index contributed by atoms with van der Waals surface area (Å²) in [5.74, 6) is -0.222. The number of amides is 2. The molecule has 1 saturated heterocycles. The molecule has 124 valence electrons. The van der Waals surface area contributed by atoms with Crippen LogP contribution in [0.15, 0.2) is 46.9 Å². The van der Waals surface area contributed by atoms with E-state index in [0.29, 0.717) is 16.8 Å². The van der Waals surface area contributed by atoms with E-state index in [9.17, 15) is 9.59 Å². The Hall–Kier alpha value is -2.14. The summed E-state index contributed by atoms with van der Waals surface area (Å²) in [4.78, 5) is 27.2. The van der Waals surface area contributed by atoms with Crippen molar-refractivity contribution in [3.63, 3.8) is 0 Å². The molecule has 1 fully saturated rings. The summed E-state index contributed by atoms with van der Waals surface area (Å²) in [6, 6.07) is 12.7. The Kier molecular flexibility index (Phi) is 5.00. The maximum absolute atomic E-state index is 12.8. The van der Waals surface area contributed by atoms with Crippen molar-refractivity contribution in [3.8, 4) is 0 Å². The van der Waals surface area contributed by atoms with Gasteiger partial charge in [-0.05, 0) is 55.7 Å². The lowest BCUT2D eigenvalue weighted by molar-refractivity contribution is 0.0793. The highest BCUT2D eigenvalue weighted by molar-refractivity contribution is 9.10. The third-order valence-corrected chi connectivity index (χ3v) is 4.76. The van der Waals surface area contributed by atoms with Crippen LogP contribution in [0.1, 0.15) is 39.1 Å². The monoisotopic (exact) mass is 386 g/mol. The van der Waals surface area contributed by atoms with Crippen LogP contribution in [-0.4, -0.2) is 29.8 Å². The number of rotatable bonds is 3. The van der Waals surface area contributed by atoms with Crippen molar-refractivity contribution in [2.24, 2.45) is 0 Å². The second kappa shape index (κ2) is 7.18. The molecule has 0 aliphatic carbocycles. The van der Waals surface area contributed by atoms with E-state index < -0.39 is 0 Å². The molecule has 2 amide bonds. The Morgan fingerprint density at radius 3 is 2.38 bits per heavy atom. The first-order valence-electron chi connectivity index (χ1n) is 8.02. The smallest absolute Gasteiger partial charge is 0.256 e. The van der Waals surface area contributed by atoms with Gasteiger partial charge in [-0.1, -0.05) is 28.1 Å². The van der Waals surface area contributed by atoms with E-state index in [1.165, 1.54) is 0 Å². The molecule has 1 aliphatic rings. The van der Waals surface area contributed by atoms with Crippen LogP contribution in [0, 0.1) is 6.92 Å². The average Bonchev–Trinajstić information content (AvgIpc) is 3.09. The summed E-state index contributed by atoms with van der Waals surface area (Å²) in [6.45, 7) is 3.47. The first-order chi connectivity index (χ1) is 11.6. The molecule has 0 unspecified atom stereocenters. The molecule has 0 atom stereocenters. The van der Waals surface area contributed by atoms with Gasteiger partial charge in [-0.15, -0.1) is 0 Å². The highest BCUT2D eigenvalue weighted by Gasteiger charge is 2.24. The number of aryl methyl sites for hydroxylation is 1. The fourth-order valence-corrected chi connectivity index (χ4v) is 3.19. The zero-order valence-electron chi connectivity index (χ0n) is 13.5. The molecule has 0 bridgehead atoms. The van der Waals surface area contributed by atoms with Crippen molar-refractivity contribution in [2.45, 2.75) is 19.8 Å². The molecule has 4 nitrogen and oxygen atoms in total. The predicted molar refractivity (Wildman–Crippen MR) is 98.4 cm³/mol. The Labute approximate surface area is 150 Å². The third-order valence-electron chi connectivity index (χ3n) is 4.23. The highest BCUT2D eigenvalue weighted by atomic mass is 79.9. The van der Waals surface area contributed by atoms with Crippen LogP contribution in [0.2, 0.25) is 0 Å². The minimum Gasteiger partial charge on any atom is -0.339 e. The van der Waals surface area contributed by atoms with Crippen molar-refractivity contribution < 1.29 is 9.59 Å². The van der Waals surface area contributed by atoms with Crippen molar-refractivity contribution >= 4 is 33.4 Å². The van der Waals surface area contributed by atoms with E-state index >= 15 is 0 Å². The maximum Gasteiger partial charge on any atom is 0.256 e. The lowest BCUT2D eigenvalue weighted by Crippen LogP contribution is -2.29. The lowest BCUT2D eigenvalue weighted by Gasteiger charge is -2.19. The van der Waals surface area contributed by atoms with E-state index in [0.717, 1.165) is 36.0 Å². The quantitative estimate of drug-likeness (QED) is 0.856. The molecule has 0 saturated carbocycles. The third kappa shape index (κ3) is 3.51. The van der Waals surface area contributed by atoms with Crippen molar-refractivity contribution in [1.29, 1.82) is 0 Å². The number of carbonyl (C=O) groups excluding carboxylic acids is 2. The van der Waals surface area contributed by atoms with Gasteiger partial charge in [0.15, 0.2) is 0 Å². The van der Waals surface area contributed by atoms with Gasteiger partial charge >= 0.3 is 0 Å². The SMILES string of the molecule is Cc1cccc(NC(=O)c2ccc(Br)cc2)c1C(=O)N1CCCC1. The molecular formula is C19H19BrN2O2. The summed E-state index contributed by atoms with van der Waals surface area (Å²) >= 11 is 3.36. The number of carbonyl (C=O) groups is 2. The molecular weight excluding hydrogens is 368 g/mol. The zero-order chi connectivity index (χ0) is 17.1. The first kappa shape index (κ1) is 16.7. The summed E-state index contributed by atoms with van der Waals surface area (Å²) in [5, 5.41) is 2.89. The van der Waals surface area contributed by atoms with Gasteiger partial charge in [0.1, 0.15) is 0 Å². The second-order valence-electron chi connectivity index (χ2n) is 5.96. The standard InChI is InChI=1S/C19H19BrN2O2/c1-13-5-4-6-16(17(13)19(24)22-11-2-3-12-22)21-18(23)14-7-9-15(20)10-8-14/h4-10H,2-3,11-12H2,1H3,(H,21,23). The lowest BCUT2D eigenvalue weighted by atomic mass is 10.0. The number of hydrogen-bond donors (Lipinski definition) is 1. The summed E-state index contributed by atoms with van der Waals surface area (Å²) in [5.41, 5.74) is 2.59. The predicted octanol–water partition coefficient (Wildman–Crippen LogP) is 4.25. The normalized spacial score (nSPS) is 13.8.